The van der Waals surface area contributed by atoms with E-state index in [9.17, 15) is 4.79 Å². The number of esters is 1. The van der Waals surface area contributed by atoms with E-state index < -0.39 is 0 Å². The minimum atomic E-state index is -0.123. The van der Waals surface area contributed by atoms with Crippen molar-refractivity contribution in [1.82, 2.24) is 10.6 Å². The van der Waals surface area contributed by atoms with Crippen LogP contribution in [0.3, 0.4) is 0 Å². The van der Waals surface area contributed by atoms with E-state index in [0.29, 0.717) is 12.5 Å². The van der Waals surface area contributed by atoms with Crippen LogP contribution in [0.4, 0.5) is 0 Å². The minimum Gasteiger partial charge on any atom is -0.469 e. The van der Waals surface area contributed by atoms with Gasteiger partial charge in [0.05, 0.1) is 7.11 Å². The molecule has 1 aliphatic rings. The zero-order valence-corrected chi connectivity index (χ0v) is 7.43. The quantitative estimate of drug-likeness (QED) is 0.564. The van der Waals surface area contributed by atoms with Crippen molar-refractivity contribution in [2.75, 3.05) is 26.7 Å². The van der Waals surface area contributed by atoms with Gasteiger partial charge >= 0.3 is 5.97 Å². The number of piperazine rings is 1. The van der Waals surface area contributed by atoms with Crippen molar-refractivity contribution in [1.29, 1.82) is 0 Å². The van der Waals surface area contributed by atoms with E-state index in [1.54, 1.807) is 0 Å². The zero-order chi connectivity index (χ0) is 8.81. The Hall–Kier alpha value is -0.610. The van der Waals surface area contributed by atoms with E-state index in [1.165, 1.54) is 7.11 Å². The Morgan fingerprint density at radius 3 is 3.00 bits per heavy atom. The van der Waals surface area contributed by atoms with Gasteiger partial charge in [0.25, 0.3) is 0 Å². The lowest BCUT2D eigenvalue weighted by atomic mass is 10.1. The maximum absolute atomic E-state index is 10.8. The van der Waals surface area contributed by atoms with Crippen molar-refractivity contribution in [2.45, 2.75) is 18.9 Å². The fraction of sp³-hybridized carbons (Fsp3) is 0.875. The molecule has 1 fully saturated rings. The number of carbonyl (C=O) groups excluding carboxylic acids is 1. The van der Waals surface area contributed by atoms with Crippen LogP contribution in [-0.4, -0.2) is 38.8 Å². The summed E-state index contributed by atoms with van der Waals surface area (Å²) in [5.74, 6) is -0.123. The Morgan fingerprint density at radius 2 is 2.42 bits per heavy atom. The number of nitrogens with one attached hydrogen (secondary N) is 2. The first-order valence-electron chi connectivity index (χ1n) is 4.34. The zero-order valence-electron chi connectivity index (χ0n) is 7.43. The summed E-state index contributed by atoms with van der Waals surface area (Å²) in [6, 6.07) is 0.429. The Balaban J connectivity index is 2.09. The number of ether oxygens (including phenoxy) is 1. The maximum Gasteiger partial charge on any atom is 0.305 e. The van der Waals surface area contributed by atoms with E-state index in [1.807, 2.05) is 0 Å². The first-order valence-corrected chi connectivity index (χ1v) is 4.34. The molecular formula is C8H16N2O2. The van der Waals surface area contributed by atoms with Crippen LogP contribution in [-0.2, 0) is 9.53 Å². The molecule has 0 saturated carbocycles. The highest BCUT2D eigenvalue weighted by Crippen LogP contribution is 1.99. The molecule has 0 radical (unpaired) electrons. The molecule has 1 saturated heterocycles. The van der Waals surface area contributed by atoms with Crippen LogP contribution < -0.4 is 10.6 Å². The van der Waals surface area contributed by atoms with Crippen LogP contribution in [0.2, 0.25) is 0 Å². The summed E-state index contributed by atoms with van der Waals surface area (Å²) in [5.41, 5.74) is 0. The van der Waals surface area contributed by atoms with Crippen molar-refractivity contribution < 1.29 is 9.53 Å². The molecule has 0 aromatic heterocycles. The monoisotopic (exact) mass is 172 g/mol. The lowest BCUT2D eigenvalue weighted by Gasteiger charge is -2.23. The van der Waals surface area contributed by atoms with Crippen LogP contribution in [0, 0.1) is 0 Å². The molecule has 0 spiro atoms. The predicted molar refractivity (Wildman–Crippen MR) is 45.9 cm³/mol. The van der Waals surface area contributed by atoms with Gasteiger partial charge in [0, 0.05) is 32.1 Å². The Labute approximate surface area is 72.7 Å². The summed E-state index contributed by atoms with van der Waals surface area (Å²) in [7, 11) is 1.43. The normalized spacial score (nSPS) is 23.6. The van der Waals surface area contributed by atoms with Crippen molar-refractivity contribution in [3.63, 3.8) is 0 Å². The molecule has 4 heteroatoms. The molecule has 1 aliphatic heterocycles. The Kier molecular flexibility index (Phi) is 4.04. The average Bonchev–Trinajstić information content (AvgIpc) is 2.16. The fourth-order valence-electron chi connectivity index (χ4n) is 1.31. The molecule has 1 rings (SSSR count). The molecule has 0 bridgehead atoms. The third-order valence-electron chi connectivity index (χ3n) is 2.05. The van der Waals surface area contributed by atoms with Crippen LogP contribution in [0.15, 0.2) is 0 Å². The minimum absolute atomic E-state index is 0.123. The molecule has 70 valence electrons. The molecule has 0 amide bonds. The van der Waals surface area contributed by atoms with Crippen molar-refractivity contribution >= 4 is 5.97 Å². The van der Waals surface area contributed by atoms with Gasteiger partial charge in [0.15, 0.2) is 0 Å². The van der Waals surface area contributed by atoms with Gasteiger partial charge < -0.3 is 15.4 Å². The van der Waals surface area contributed by atoms with Crippen molar-refractivity contribution in [2.24, 2.45) is 0 Å². The second-order valence-corrected chi connectivity index (χ2v) is 2.97. The molecule has 4 nitrogen and oxygen atoms in total. The van der Waals surface area contributed by atoms with E-state index in [-0.39, 0.29) is 5.97 Å². The summed E-state index contributed by atoms with van der Waals surface area (Å²) in [6.07, 6.45) is 1.37. The van der Waals surface area contributed by atoms with Crippen molar-refractivity contribution in [3.05, 3.63) is 0 Å². The SMILES string of the molecule is COC(=O)CCC1CNCCN1. The Morgan fingerprint density at radius 1 is 1.58 bits per heavy atom. The summed E-state index contributed by atoms with van der Waals surface area (Å²) in [6.45, 7) is 2.97. The molecule has 0 aromatic carbocycles. The first-order chi connectivity index (χ1) is 5.83. The number of hydrogen-bond donors (Lipinski definition) is 2. The average molecular weight is 172 g/mol. The molecule has 1 unspecified atom stereocenters. The molecule has 1 atom stereocenters. The smallest absolute Gasteiger partial charge is 0.305 e. The molecule has 1 heterocycles. The lowest BCUT2D eigenvalue weighted by Crippen LogP contribution is -2.48. The third-order valence-corrected chi connectivity index (χ3v) is 2.05. The summed E-state index contributed by atoms with van der Waals surface area (Å²) in [4.78, 5) is 10.8. The summed E-state index contributed by atoms with van der Waals surface area (Å²) >= 11 is 0. The number of methoxy groups -OCH3 is 1. The third kappa shape index (κ3) is 3.19. The fourth-order valence-corrected chi connectivity index (χ4v) is 1.31. The lowest BCUT2D eigenvalue weighted by molar-refractivity contribution is -0.140. The number of hydrogen-bond acceptors (Lipinski definition) is 4. The van der Waals surface area contributed by atoms with E-state index in [0.717, 1.165) is 26.1 Å². The van der Waals surface area contributed by atoms with Gasteiger partial charge in [-0.2, -0.15) is 0 Å². The Bertz CT molecular complexity index is 144. The van der Waals surface area contributed by atoms with Crippen LogP contribution >= 0.6 is 0 Å². The first kappa shape index (κ1) is 9.48. The largest absolute Gasteiger partial charge is 0.469 e. The summed E-state index contributed by atoms with van der Waals surface area (Å²) < 4.78 is 4.55. The standard InChI is InChI=1S/C8H16N2O2/c1-12-8(11)3-2-7-6-9-4-5-10-7/h7,9-10H,2-6H2,1H3. The molecular weight excluding hydrogens is 156 g/mol. The van der Waals surface area contributed by atoms with E-state index in [4.69, 9.17) is 0 Å². The van der Waals surface area contributed by atoms with Crippen molar-refractivity contribution in [3.8, 4) is 0 Å². The van der Waals surface area contributed by atoms with Gasteiger partial charge in [0.2, 0.25) is 0 Å². The summed E-state index contributed by atoms with van der Waals surface area (Å²) in [5, 5.41) is 6.59. The highest BCUT2D eigenvalue weighted by Gasteiger charge is 2.13. The van der Waals surface area contributed by atoms with E-state index >= 15 is 0 Å². The van der Waals surface area contributed by atoms with E-state index in [2.05, 4.69) is 15.4 Å². The highest BCUT2D eigenvalue weighted by molar-refractivity contribution is 5.69. The molecule has 0 aliphatic carbocycles. The van der Waals surface area contributed by atoms with Crippen LogP contribution in [0.1, 0.15) is 12.8 Å². The highest BCUT2D eigenvalue weighted by atomic mass is 16.5. The topological polar surface area (TPSA) is 50.4 Å². The van der Waals surface area contributed by atoms with Gasteiger partial charge in [-0.3, -0.25) is 4.79 Å². The van der Waals surface area contributed by atoms with Gasteiger partial charge in [0.1, 0.15) is 0 Å². The van der Waals surface area contributed by atoms with Crippen LogP contribution in [0.25, 0.3) is 0 Å². The van der Waals surface area contributed by atoms with Gasteiger partial charge in [-0.05, 0) is 6.42 Å². The number of rotatable bonds is 3. The van der Waals surface area contributed by atoms with Gasteiger partial charge in [-0.1, -0.05) is 0 Å². The predicted octanol–water partition coefficient (Wildman–Crippen LogP) is -0.499. The maximum atomic E-state index is 10.8. The van der Waals surface area contributed by atoms with Gasteiger partial charge in [-0.15, -0.1) is 0 Å². The molecule has 0 aromatic rings. The second-order valence-electron chi connectivity index (χ2n) is 2.97. The van der Waals surface area contributed by atoms with Crippen LogP contribution in [0.5, 0.6) is 0 Å². The second kappa shape index (κ2) is 5.11. The number of carbonyl (C=O) groups is 1. The molecule has 2 N–H and O–H groups in total. The molecule has 12 heavy (non-hydrogen) atoms. The van der Waals surface area contributed by atoms with Gasteiger partial charge in [-0.25, -0.2) is 0 Å².